The molecule has 3 heteroatoms. The van der Waals surface area contributed by atoms with E-state index in [1.165, 1.54) is 25.7 Å². The summed E-state index contributed by atoms with van der Waals surface area (Å²) in [4.78, 5) is 4.36. The van der Waals surface area contributed by atoms with Crippen molar-refractivity contribution in [3.05, 3.63) is 36.5 Å². The van der Waals surface area contributed by atoms with Crippen LogP contribution in [0, 0.1) is 5.41 Å². The standard InChI is InChI=1S/C16H19NOS/c19-12-16(8-1-2-9-16)11-18-15-7-3-6-14-13(15)5-4-10-17-14/h3-7,10,19H,1-2,8-9,11-12H2. The maximum absolute atomic E-state index is 6.11. The van der Waals surface area contributed by atoms with Gasteiger partial charge in [0, 0.05) is 17.0 Å². The molecule has 1 aromatic carbocycles. The first-order chi connectivity index (χ1) is 9.33. The molecule has 19 heavy (non-hydrogen) atoms. The highest BCUT2D eigenvalue weighted by molar-refractivity contribution is 7.80. The third-order valence-electron chi connectivity index (χ3n) is 4.14. The van der Waals surface area contributed by atoms with Crippen molar-refractivity contribution < 1.29 is 4.74 Å². The van der Waals surface area contributed by atoms with Crippen molar-refractivity contribution in [2.45, 2.75) is 25.7 Å². The minimum Gasteiger partial charge on any atom is -0.492 e. The van der Waals surface area contributed by atoms with Crippen molar-refractivity contribution in [2.24, 2.45) is 5.41 Å². The summed E-state index contributed by atoms with van der Waals surface area (Å²) in [6.45, 7) is 0.768. The smallest absolute Gasteiger partial charge is 0.128 e. The van der Waals surface area contributed by atoms with E-state index in [2.05, 4.69) is 23.7 Å². The lowest BCUT2D eigenvalue weighted by atomic mass is 9.90. The van der Waals surface area contributed by atoms with E-state index in [1.54, 1.807) is 0 Å². The fraction of sp³-hybridized carbons (Fsp3) is 0.438. The van der Waals surface area contributed by atoms with E-state index in [-0.39, 0.29) is 5.41 Å². The molecule has 1 aliphatic rings. The van der Waals surface area contributed by atoms with Gasteiger partial charge in [-0.05, 0) is 42.9 Å². The molecule has 1 fully saturated rings. The molecule has 1 heterocycles. The Kier molecular flexibility index (Phi) is 3.65. The summed E-state index contributed by atoms with van der Waals surface area (Å²) in [6, 6.07) is 10.1. The van der Waals surface area contributed by atoms with Crippen molar-refractivity contribution in [2.75, 3.05) is 12.4 Å². The molecule has 2 nitrogen and oxygen atoms in total. The molecular formula is C16H19NOS. The van der Waals surface area contributed by atoms with Crippen LogP contribution in [0.1, 0.15) is 25.7 Å². The van der Waals surface area contributed by atoms with Crippen molar-refractivity contribution in [1.29, 1.82) is 0 Å². The van der Waals surface area contributed by atoms with Crippen LogP contribution in [0.3, 0.4) is 0 Å². The fourth-order valence-corrected chi connectivity index (χ4v) is 3.31. The Balaban J connectivity index is 1.82. The average molecular weight is 273 g/mol. The molecular weight excluding hydrogens is 254 g/mol. The van der Waals surface area contributed by atoms with Gasteiger partial charge in [0.1, 0.15) is 5.75 Å². The van der Waals surface area contributed by atoms with E-state index >= 15 is 0 Å². The highest BCUT2D eigenvalue weighted by atomic mass is 32.1. The zero-order valence-corrected chi connectivity index (χ0v) is 11.9. The monoisotopic (exact) mass is 273 g/mol. The summed E-state index contributed by atoms with van der Waals surface area (Å²) in [7, 11) is 0. The lowest BCUT2D eigenvalue weighted by molar-refractivity contribution is 0.175. The molecule has 0 N–H and O–H groups in total. The maximum Gasteiger partial charge on any atom is 0.128 e. The summed E-state index contributed by atoms with van der Waals surface area (Å²) < 4.78 is 6.11. The number of aromatic nitrogens is 1. The molecule has 0 spiro atoms. The average Bonchev–Trinajstić information content (AvgIpc) is 2.94. The predicted octanol–water partition coefficient (Wildman–Crippen LogP) is 4.10. The van der Waals surface area contributed by atoms with Crippen LogP contribution < -0.4 is 4.74 Å². The number of hydrogen-bond acceptors (Lipinski definition) is 3. The number of thiol groups is 1. The molecule has 1 saturated carbocycles. The van der Waals surface area contributed by atoms with Crippen LogP contribution in [0.25, 0.3) is 10.9 Å². The normalized spacial score (nSPS) is 17.7. The first-order valence-electron chi connectivity index (χ1n) is 6.90. The van der Waals surface area contributed by atoms with E-state index in [0.717, 1.165) is 29.0 Å². The van der Waals surface area contributed by atoms with Gasteiger partial charge in [-0.2, -0.15) is 12.6 Å². The van der Waals surface area contributed by atoms with E-state index < -0.39 is 0 Å². The van der Waals surface area contributed by atoms with Gasteiger partial charge in [-0.1, -0.05) is 18.9 Å². The molecule has 2 aromatic rings. The van der Waals surface area contributed by atoms with Crippen LogP contribution in [-0.2, 0) is 0 Å². The highest BCUT2D eigenvalue weighted by Crippen LogP contribution is 2.39. The van der Waals surface area contributed by atoms with E-state index in [9.17, 15) is 0 Å². The number of ether oxygens (including phenoxy) is 1. The van der Waals surface area contributed by atoms with Gasteiger partial charge < -0.3 is 4.74 Å². The van der Waals surface area contributed by atoms with Gasteiger partial charge in [0.25, 0.3) is 0 Å². The second-order valence-electron chi connectivity index (χ2n) is 5.48. The van der Waals surface area contributed by atoms with E-state index in [0.29, 0.717) is 0 Å². The Labute approximate surface area is 119 Å². The van der Waals surface area contributed by atoms with Gasteiger partial charge in [0.2, 0.25) is 0 Å². The summed E-state index contributed by atoms with van der Waals surface area (Å²) in [5, 5.41) is 1.09. The molecule has 0 bridgehead atoms. The molecule has 0 atom stereocenters. The Morgan fingerprint density at radius 2 is 2.00 bits per heavy atom. The summed E-state index contributed by atoms with van der Waals surface area (Å²) in [6.07, 6.45) is 6.90. The first-order valence-corrected chi connectivity index (χ1v) is 7.54. The Morgan fingerprint density at radius 3 is 2.79 bits per heavy atom. The van der Waals surface area contributed by atoms with Crippen LogP contribution in [-0.4, -0.2) is 17.3 Å². The van der Waals surface area contributed by atoms with Gasteiger partial charge in [0.05, 0.1) is 12.1 Å². The first kappa shape index (κ1) is 12.8. The number of nitrogens with zero attached hydrogens (tertiary/aromatic N) is 1. The summed E-state index contributed by atoms with van der Waals surface area (Å²) >= 11 is 4.53. The molecule has 100 valence electrons. The quantitative estimate of drug-likeness (QED) is 0.847. The van der Waals surface area contributed by atoms with Crippen LogP contribution in [0.15, 0.2) is 36.5 Å². The molecule has 1 aliphatic carbocycles. The van der Waals surface area contributed by atoms with Crippen LogP contribution in [0.5, 0.6) is 5.75 Å². The maximum atomic E-state index is 6.11. The minimum absolute atomic E-state index is 0.271. The SMILES string of the molecule is SCC1(COc2cccc3ncccc23)CCCC1. The molecule has 0 saturated heterocycles. The number of rotatable bonds is 4. The number of pyridine rings is 1. The lowest BCUT2D eigenvalue weighted by Crippen LogP contribution is -2.27. The Hall–Kier alpha value is -1.22. The molecule has 0 unspecified atom stereocenters. The van der Waals surface area contributed by atoms with Gasteiger partial charge in [-0.3, -0.25) is 4.98 Å². The largest absolute Gasteiger partial charge is 0.492 e. The van der Waals surface area contributed by atoms with E-state index in [4.69, 9.17) is 4.74 Å². The summed E-state index contributed by atoms with van der Waals surface area (Å²) in [5.74, 6) is 1.86. The number of benzene rings is 1. The fourth-order valence-electron chi connectivity index (χ4n) is 2.90. The van der Waals surface area contributed by atoms with Crippen molar-refractivity contribution in [1.82, 2.24) is 4.98 Å². The minimum atomic E-state index is 0.271. The van der Waals surface area contributed by atoms with E-state index in [1.807, 2.05) is 30.5 Å². The Bertz CT molecular complexity index is 558. The van der Waals surface area contributed by atoms with Crippen LogP contribution >= 0.6 is 12.6 Å². The third-order valence-corrected chi connectivity index (χ3v) is 4.81. The topological polar surface area (TPSA) is 22.1 Å². The van der Waals surface area contributed by atoms with Crippen LogP contribution in [0.4, 0.5) is 0 Å². The predicted molar refractivity (Wildman–Crippen MR) is 82.0 cm³/mol. The van der Waals surface area contributed by atoms with Gasteiger partial charge in [-0.25, -0.2) is 0 Å². The third kappa shape index (κ3) is 2.57. The zero-order valence-electron chi connectivity index (χ0n) is 11.0. The van der Waals surface area contributed by atoms with Crippen molar-refractivity contribution in [3.8, 4) is 5.75 Å². The van der Waals surface area contributed by atoms with Gasteiger partial charge >= 0.3 is 0 Å². The molecule has 0 radical (unpaired) electrons. The highest BCUT2D eigenvalue weighted by Gasteiger charge is 2.33. The number of hydrogen-bond donors (Lipinski definition) is 1. The second kappa shape index (κ2) is 5.41. The molecule has 0 amide bonds. The summed E-state index contributed by atoms with van der Waals surface area (Å²) in [5.41, 5.74) is 1.26. The van der Waals surface area contributed by atoms with Crippen LogP contribution in [0.2, 0.25) is 0 Å². The lowest BCUT2D eigenvalue weighted by Gasteiger charge is -2.27. The molecule has 1 aromatic heterocycles. The van der Waals surface area contributed by atoms with Gasteiger partial charge in [0.15, 0.2) is 0 Å². The number of fused-ring (bicyclic) bond motifs is 1. The van der Waals surface area contributed by atoms with Gasteiger partial charge in [-0.15, -0.1) is 0 Å². The molecule has 0 aliphatic heterocycles. The Morgan fingerprint density at radius 1 is 1.16 bits per heavy atom. The second-order valence-corrected chi connectivity index (χ2v) is 5.80. The van der Waals surface area contributed by atoms with Crippen molar-refractivity contribution in [3.63, 3.8) is 0 Å². The zero-order chi connectivity index (χ0) is 13.1. The molecule has 3 rings (SSSR count). The van der Waals surface area contributed by atoms with Crippen molar-refractivity contribution >= 4 is 23.5 Å².